The molecule has 0 atom stereocenters. The topological polar surface area (TPSA) is 43.8 Å². The lowest BCUT2D eigenvalue weighted by molar-refractivity contribution is 0.689. The molecule has 90 valence electrons. The molecule has 0 spiro atoms. The van der Waals surface area contributed by atoms with Crippen LogP contribution in [0.1, 0.15) is 11.3 Å². The summed E-state index contributed by atoms with van der Waals surface area (Å²) < 4.78 is 2.51. The Kier molecular flexibility index (Phi) is 3.66. The molecule has 0 aliphatic carbocycles. The van der Waals surface area contributed by atoms with Crippen molar-refractivity contribution in [3.05, 3.63) is 44.0 Å². The van der Waals surface area contributed by atoms with E-state index in [1.165, 1.54) is 0 Å². The zero-order chi connectivity index (χ0) is 12.6. The first-order valence-corrected chi connectivity index (χ1v) is 6.46. The highest BCUT2D eigenvalue weighted by Gasteiger charge is 2.11. The maximum Gasteiger partial charge on any atom is 0.136 e. The number of hydrogen-bond acceptors (Lipinski definition) is 2. The van der Waals surface area contributed by atoms with Gasteiger partial charge >= 0.3 is 0 Å². The van der Waals surface area contributed by atoms with E-state index in [1.54, 1.807) is 16.8 Å². The molecule has 17 heavy (non-hydrogen) atoms. The summed E-state index contributed by atoms with van der Waals surface area (Å²) >= 11 is 15.4. The van der Waals surface area contributed by atoms with Gasteiger partial charge in [0, 0.05) is 10.0 Å². The summed E-state index contributed by atoms with van der Waals surface area (Å²) in [6.07, 6.45) is 0. The number of hydrogen-bond donors (Lipinski definition) is 1. The second-order valence-corrected chi connectivity index (χ2v) is 5.31. The summed E-state index contributed by atoms with van der Waals surface area (Å²) in [4.78, 5) is 0. The largest absolute Gasteiger partial charge is 0.383 e. The molecular formula is C11H10BrCl2N3. The molecule has 0 amide bonds. The van der Waals surface area contributed by atoms with Gasteiger partial charge in [0.2, 0.25) is 0 Å². The van der Waals surface area contributed by atoms with E-state index >= 15 is 0 Å². The summed E-state index contributed by atoms with van der Waals surface area (Å²) in [6, 6.07) is 5.33. The molecule has 1 aromatic heterocycles. The van der Waals surface area contributed by atoms with Crippen LogP contribution < -0.4 is 5.73 Å². The van der Waals surface area contributed by atoms with Crippen molar-refractivity contribution in [1.29, 1.82) is 0 Å². The van der Waals surface area contributed by atoms with Gasteiger partial charge in [-0.05, 0) is 46.6 Å². The van der Waals surface area contributed by atoms with E-state index < -0.39 is 0 Å². The summed E-state index contributed by atoms with van der Waals surface area (Å²) in [6.45, 7) is 2.38. The number of nitrogens with two attached hydrogens (primary N) is 1. The lowest BCUT2D eigenvalue weighted by atomic mass is 10.2. The van der Waals surface area contributed by atoms with Crippen molar-refractivity contribution in [2.24, 2.45) is 0 Å². The number of halogens is 3. The molecule has 2 rings (SSSR count). The SMILES string of the molecule is Cc1nn(Cc2cc(Cl)ccc2Cl)c(N)c1Br. The van der Waals surface area contributed by atoms with Crippen molar-refractivity contribution < 1.29 is 0 Å². The second-order valence-electron chi connectivity index (χ2n) is 3.68. The van der Waals surface area contributed by atoms with Gasteiger partial charge in [-0.1, -0.05) is 23.2 Å². The Bertz CT molecular complexity index is 566. The highest BCUT2D eigenvalue weighted by atomic mass is 79.9. The van der Waals surface area contributed by atoms with E-state index in [0.29, 0.717) is 22.4 Å². The van der Waals surface area contributed by atoms with Gasteiger partial charge in [-0.2, -0.15) is 5.10 Å². The van der Waals surface area contributed by atoms with Crippen LogP contribution in [-0.2, 0) is 6.54 Å². The van der Waals surface area contributed by atoms with Crippen molar-refractivity contribution in [3.8, 4) is 0 Å². The van der Waals surface area contributed by atoms with Gasteiger partial charge in [-0.3, -0.25) is 0 Å². The minimum atomic E-state index is 0.498. The van der Waals surface area contributed by atoms with Crippen LogP contribution in [0.5, 0.6) is 0 Å². The van der Waals surface area contributed by atoms with Crippen molar-refractivity contribution >= 4 is 44.9 Å². The normalized spacial score (nSPS) is 10.8. The Labute approximate surface area is 118 Å². The molecule has 3 nitrogen and oxygen atoms in total. The van der Waals surface area contributed by atoms with E-state index in [1.807, 2.05) is 13.0 Å². The fourth-order valence-corrected chi connectivity index (χ4v) is 2.18. The third-order valence-corrected chi connectivity index (χ3v) is 4.00. The predicted octanol–water partition coefficient (Wildman–Crippen LogP) is 3.89. The Morgan fingerprint density at radius 1 is 1.41 bits per heavy atom. The molecule has 0 radical (unpaired) electrons. The third kappa shape index (κ3) is 2.59. The Hall–Kier alpha value is -0.710. The van der Waals surface area contributed by atoms with Gasteiger partial charge < -0.3 is 5.73 Å². The maximum absolute atomic E-state index is 6.09. The lowest BCUT2D eigenvalue weighted by Crippen LogP contribution is -2.06. The van der Waals surface area contributed by atoms with Crippen molar-refractivity contribution in [1.82, 2.24) is 9.78 Å². The molecule has 1 aromatic carbocycles. The fourth-order valence-electron chi connectivity index (χ4n) is 1.52. The van der Waals surface area contributed by atoms with Crippen LogP contribution in [-0.4, -0.2) is 9.78 Å². The van der Waals surface area contributed by atoms with Gasteiger partial charge in [0.1, 0.15) is 5.82 Å². The molecule has 2 aromatic rings. The molecule has 0 fully saturated rings. The van der Waals surface area contributed by atoms with Crippen molar-refractivity contribution in [2.75, 3.05) is 5.73 Å². The first-order valence-electron chi connectivity index (χ1n) is 4.91. The highest BCUT2D eigenvalue weighted by Crippen LogP contribution is 2.26. The van der Waals surface area contributed by atoms with Crippen LogP contribution in [0.15, 0.2) is 22.7 Å². The van der Waals surface area contributed by atoms with Crippen LogP contribution in [0, 0.1) is 6.92 Å². The molecule has 2 N–H and O–H groups in total. The van der Waals surface area contributed by atoms with Crippen LogP contribution in [0.3, 0.4) is 0 Å². The number of benzene rings is 1. The molecule has 0 aliphatic rings. The first-order chi connectivity index (χ1) is 7.99. The van der Waals surface area contributed by atoms with Gasteiger partial charge in [0.05, 0.1) is 16.7 Å². The second kappa shape index (κ2) is 4.88. The quantitative estimate of drug-likeness (QED) is 0.905. The van der Waals surface area contributed by atoms with Gasteiger partial charge in [0.15, 0.2) is 0 Å². The lowest BCUT2D eigenvalue weighted by Gasteiger charge is -2.07. The van der Waals surface area contributed by atoms with E-state index in [-0.39, 0.29) is 0 Å². The Morgan fingerprint density at radius 3 is 2.71 bits per heavy atom. The molecule has 0 aliphatic heterocycles. The average molecular weight is 335 g/mol. The average Bonchev–Trinajstić information content (AvgIpc) is 2.52. The van der Waals surface area contributed by atoms with Gasteiger partial charge in [-0.15, -0.1) is 0 Å². The molecule has 0 saturated heterocycles. The summed E-state index contributed by atoms with van der Waals surface area (Å²) in [7, 11) is 0. The molecule has 1 heterocycles. The predicted molar refractivity (Wildman–Crippen MR) is 74.6 cm³/mol. The number of aryl methyl sites for hydroxylation is 1. The summed E-state index contributed by atoms with van der Waals surface area (Å²) in [5.74, 6) is 0.582. The van der Waals surface area contributed by atoms with Crippen LogP contribution >= 0.6 is 39.1 Å². The maximum atomic E-state index is 6.09. The Balaban J connectivity index is 2.37. The molecule has 6 heteroatoms. The minimum absolute atomic E-state index is 0.498. The Morgan fingerprint density at radius 2 is 2.12 bits per heavy atom. The number of aromatic nitrogens is 2. The fraction of sp³-hybridized carbons (Fsp3) is 0.182. The number of rotatable bonds is 2. The van der Waals surface area contributed by atoms with E-state index in [4.69, 9.17) is 28.9 Å². The molecule has 0 unspecified atom stereocenters. The van der Waals surface area contributed by atoms with Crippen molar-refractivity contribution in [3.63, 3.8) is 0 Å². The van der Waals surface area contributed by atoms with E-state index in [0.717, 1.165) is 15.7 Å². The summed E-state index contributed by atoms with van der Waals surface area (Å²) in [5, 5.41) is 5.61. The van der Waals surface area contributed by atoms with E-state index in [9.17, 15) is 0 Å². The highest BCUT2D eigenvalue weighted by molar-refractivity contribution is 9.10. The molecule has 0 bridgehead atoms. The first kappa shape index (κ1) is 12.7. The zero-order valence-corrected chi connectivity index (χ0v) is 12.1. The van der Waals surface area contributed by atoms with Crippen LogP contribution in [0.4, 0.5) is 5.82 Å². The van der Waals surface area contributed by atoms with Crippen LogP contribution in [0.2, 0.25) is 10.0 Å². The molecular weight excluding hydrogens is 325 g/mol. The summed E-state index contributed by atoms with van der Waals surface area (Å²) in [5.41, 5.74) is 7.65. The monoisotopic (exact) mass is 333 g/mol. The van der Waals surface area contributed by atoms with Gasteiger partial charge in [0.25, 0.3) is 0 Å². The van der Waals surface area contributed by atoms with Crippen molar-refractivity contribution in [2.45, 2.75) is 13.5 Å². The smallest absolute Gasteiger partial charge is 0.136 e. The number of nitrogens with zero attached hydrogens (tertiary/aromatic N) is 2. The third-order valence-electron chi connectivity index (χ3n) is 2.42. The minimum Gasteiger partial charge on any atom is -0.383 e. The standard InChI is InChI=1S/C11H10BrCl2N3/c1-6-10(12)11(15)17(16-6)5-7-4-8(13)2-3-9(7)14/h2-4H,5,15H2,1H3. The van der Waals surface area contributed by atoms with Crippen LogP contribution in [0.25, 0.3) is 0 Å². The number of anilines is 1. The van der Waals surface area contributed by atoms with Gasteiger partial charge in [-0.25, -0.2) is 4.68 Å². The molecule has 0 saturated carbocycles. The zero-order valence-electron chi connectivity index (χ0n) is 9.04. The number of nitrogen functional groups attached to an aromatic ring is 1. The van der Waals surface area contributed by atoms with E-state index in [2.05, 4.69) is 21.0 Å².